The molecule has 0 bridgehead atoms. The third kappa shape index (κ3) is 5.71. The van der Waals surface area contributed by atoms with E-state index in [1.165, 1.54) is 4.68 Å². The first-order chi connectivity index (χ1) is 15.7. The van der Waals surface area contributed by atoms with Gasteiger partial charge < -0.3 is 4.90 Å². The number of aryl methyl sites for hydroxylation is 1. The van der Waals surface area contributed by atoms with E-state index < -0.39 is 0 Å². The number of benzene rings is 2. The number of rotatable bonds is 9. The van der Waals surface area contributed by atoms with Gasteiger partial charge in [0.1, 0.15) is 5.56 Å². The first-order valence-corrected chi connectivity index (χ1v) is 12.0. The van der Waals surface area contributed by atoms with Gasteiger partial charge in [0.05, 0.1) is 17.9 Å². The standard InChI is InChI=1S/C26H30BrN3O3/c1-5-6-15-29(25(32)19-9-11-20(27)12-10-19)16-22(31)23-24(17(2)3)28-30(26(23)33)21-13-7-18(4)8-14-21/h7-14,17,28H,5-6,15-16H2,1-4H3. The topological polar surface area (TPSA) is 75.2 Å². The van der Waals surface area contributed by atoms with Crippen molar-refractivity contribution in [3.8, 4) is 5.69 Å². The van der Waals surface area contributed by atoms with Gasteiger partial charge >= 0.3 is 0 Å². The van der Waals surface area contributed by atoms with E-state index in [9.17, 15) is 14.4 Å². The summed E-state index contributed by atoms with van der Waals surface area (Å²) in [5.74, 6) is -0.633. The third-order valence-corrected chi connectivity index (χ3v) is 6.09. The molecule has 7 heteroatoms. The Morgan fingerprint density at radius 1 is 1.06 bits per heavy atom. The lowest BCUT2D eigenvalue weighted by Gasteiger charge is -2.22. The van der Waals surface area contributed by atoms with Crippen molar-refractivity contribution in [1.29, 1.82) is 0 Å². The fourth-order valence-electron chi connectivity index (χ4n) is 3.65. The van der Waals surface area contributed by atoms with Gasteiger partial charge in [-0.3, -0.25) is 19.5 Å². The molecule has 2 aromatic carbocycles. The number of H-pyrrole nitrogens is 1. The van der Waals surface area contributed by atoms with Crippen LogP contribution in [0.15, 0.2) is 57.8 Å². The monoisotopic (exact) mass is 511 g/mol. The number of amides is 1. The van der Waals surface area contributed by atoms with E-state index in [1.54, 1.807) is 29.2 Å². The van der Waals surface area contributed by atoms with Crippen molar-refractivity contribution < 1.29 is 9.59 Å². The van der Waals surface area contributed by atoms with Gasteiger partial charge in [0, 0.05) is 16.6 Å². The molecule has 0 radical (unpaired) electrons. The molecular weight excluding hydrogens is 482 g/mol. The van der Waals surface area contributed by atoms with Crippen LogP contribution < -0.4 is 5.56 Å². The number of aromatic amines is 1. The average Bonchev–Trinajstić information content (AvgIpc) is 3.14. The van der Waals surface area contributed by atoms with E-state index in [0.717, 1.165) is 22.9 Å². The normalized spacial score (nSPS) is 11.1. The number of aromatic nitrogens is 2. The Morgan fingerprint density at radius 2 is 1.70 bits per heavy atom. The largest absolute Gasteiger partial charge is 0.331 e. The van der Waals surface area contributed by atoms with E-state index in [2.05, 4.69) is 21.0 Å². The molecule has 1 aromatic heterocycles. The fourth-order valence-corrected chi connectivity index (χ4v) is 3.91. The first kappa shape index (κ1) is 24.7. The van der Waals surface area contributed by atoms with Crippen molar-refractivity contribution in [2.45, 2.75) is 46.5 Å². The number of ketones is 1. The highest BCUT2D eigenvalue weighted by Crippen LogP contribution is 2.19. The predicted molar refractivity (Wildman–Crippen MR) is 134 cm³/mol. The van der Waals surface area contributed by atoms with Gasteiger partial charge in [0.2, 0.25) is 0 Å². The molecule has 1 N–H and O–H groups in total. The molecule has 3 rings (SSSR count). The Kier molecular flexibility index (Phi) is 8.08. The predicted octanol–water partition coefficient (Wildman–Crippen LogP) is 5.49. The molecule has 0 fully saturated rings. The van der Waals surface area contributed by atoms with Crippen molar-refractivity contribution in [2.24, 2.45) is 0 Å². The van der Waals surface area contributed by atoms with E-state index in [4.69, 9.17) is 0 Å². The summed E-state index contributed by atoms with van der Waals surface area (Å²) in [6, 6.07) is 14.6. The van der Waals surface area contributed by atoms with Gasteiger partial charge in [0.15, 0.2) is 5.78 Å². The van der Waals surface area contributed by atoms with Crippen molar-refractivity contribution in [1.82, 2.24) is 14.7 Å². The molecule has 0 spiro atoms. The van der Waals surface area contributed by atoms with Crippen molar-refractivity contribution >= 4 is 27.6 Å². The van der Waals surface area contributed by atoms with Gasteiger partial charge in [-0.1, -0.05) is 60.8 Å². The molecule has 0 aliphatic heterocycles. The zero-order chi connectivity index (χ0) is 24.1. The number of nitrogens with one attached hydrogen (secondary N) is 1. The number of hydrogen-bond acceptors (Lipinski definition) is 3. The Morgan fingerprint density at radius 3 is 2.27 bits per heavy atom. The second-order valence-corrected chi connectivity index (χ2v) is 9.46. The number of Topliss-reactive ketones (excluding diaryl/α,β-unsaturated/α-hetero) is 1. The minimum Gasteiger partial charge on any atom is -0.331 e. The highest BCUT2D eigenvalue weighted by atomic mass is 79.9. The Labute approximate surface area is 202 Å². The summed E-state index contributed by atoms with van der Waals surface area (Å²) >= 11 is 3.38. The van der Waals surface area contributed by atoms with Crippen LogP contribution in [-0.2, 0) is 0 Å². The van der Waals surface area contributed by atoms with Crippen LogP contribution in [-0.4, -0.2) is 39.5 Å². The van der Waals surface area contributed by atoms with Crippen LogP contribution in [0.2, 0.25) is 0 Å². The number of hydrogen-bond donors (Lipinski definition) is 1. The molecule has 0 aliphatic carbocycles. The molecule has 0 saturated carbocycles. The van der Waals surface area contributed by atoms with Crippen LogP contribution in [0, 0.1) is 6.92 Å². The molecule has 1 heterocycles. The van der Waals surface area contributed by atoms with Crippen LogP contribution >= 0.6 is 15.9 Å². The fraction of sp³-hybridized carbons (Fsp3) is 0.346. The number of unbranched alkanes of at least 4 members (excludes halogenated alkanes) is 1. The summed E-state index contributed by atoms with van der Waals surface area (Å²) in [6.45, 7) is 8.18. The van der Waals surface area contributed by atoms with E-state index >= 15 is 0 Å². The first-order valence-electron chi connectivity index (χ1n) is 11.2. The number of carbonyl (C=O) groups is 2. The molecule has 0 unspecified atom stereocenters. The third-order valence-electron chi connectivity index (χ3n) is 5.56. The molecule has 174 valence electrons. The number of carbonyl (C=O) groups excluding carboxylic acids is 2. The smallest absolute Gasteiger partial charge is 0.282 e. The van der Waals surface area contributed by atoms with Gasteiger partial charge in [-0.15, -0.1) is 0 Å². The summed E-state index contributed by atoms with van der Waals surface area (Å²) in [5, 5.41) is 3.12. The molecular formula is C26H30BrN3O3. The van der Waals surface area contributed by atoms with Crippen molar-refractivity contribution in [3.05, 3.63) is 85.7 Å². The minimum absolute atomic E-state index is 0.0605. The van der Waals surface area contributed by atoms with Gasteiger partial charge in [0.25, 0.3) is 11.5 Å². The summed E-state index contributed by atoms with van der Waals surface area (Å²) < 4.78 is 2.29. The van der Waals surface area contributed by atoms with E-state index in [0.29, 0.717) is 23.5 Å². The van der Waals surface area contributed by atoms with Crippen LogP contribution in [0.1, 0.15) is 71.5 Å². The number of nitrogens with zero attached hydrogens (tertiary/aromatic N) is 2. The van der Waals surface area contributed by atoms with Gasteiger partial charge in [-0.05, 0) is 55.7 Å². The van der Waals surface area contributed by atoms with Crippen molar-refractivity contribution in [3.63, 3.8) is 0 Å². The van der Waals surface area contributed by atoms with Gasteiger partial charge in [-0.2, -0.15) is 0 Å². The van der Waals surface area contributed by atoms with Crippen molar-refractivity contribution in [2.75, 3.05) is 13.1 Å². The lowest BCUT2D eigenvalue weighted by atomic mass is 10.0. The quantitative estimate of drug-likeness (QED) is 0.386. The van der Waals surface area contributed by atoms with E-state index in [-0.39, 0.29) is 35.3 Å². The van der Waals surface area contributed by atoms with Crippen LogP contribution in [0.4, 0.5) is 0 Å². The average molecular weight is 512 g/mol. The SMILES string of the molecule is CCCCN(CC(=O)c1c(C(C)C)[nH]n(-c2ccc(C)cc2)c1=O)C(=O)c1ccc(Br)cc1. The molecule has 33 heavy (non-hydrogen) atoms. The lowest BCUT2D eigenvalue weighted by molar-refractivity contribution is 0.0706. The van der Waals surface area contributed by atoms with Crippen LogP contribution in [0.5, 0.6) is 0 Å². The molecule has 1 amide bonds. The molecule has 0 saturated heterocycles. The second kappa shape index (κ2) is 10.8. The molecule has 0 atom stereocenters. The van der Waals surface area contributed by atoms with Crippen LogP contribution in [0.3, 0.4) is 0 Å². The lowest BCUT2D eigenvalue weighted by Crippen LogP contribution is -2.38. The molecule has 3 aromatic rings. The Bertz CT molecular complexity index is 1170. The zero-order valence-electron chi connectivity index (χ0n) is 19.5. The zero-order valence-corrected chi connectivity index (χ0v) is 21.1. The summed E-state index contributed by atoms with van der Waals surface area (Å²) in [7, 11) is 0. The highest BCUT2D eigenvalue weighted by molar-refractivity contribution is 9.10. The minimum atomic E-state index is -0.390. The molecule has 6 nitrogen and oxygen atoms in total. The van der Waals surface area contributed by atoms with E-state index in [1.807, 2.05) is 52.0 Å². The number of halogens is 1. The van der Waals surface area contributed by atoms with Gasteiger partial charge in [-0.25, -0.2) is 4.68 Å². The maximum Gasteiger partial charge on any atom is 0.282 e. The summed E-state index contributed by atoms with van der Waals surface area (Å²) in [4.78, 5) is 41.4. The maximum absolute atomic E-state index is 13.4. The summed E-state index contributed by atoms with van der Waals surface area (Å²) in [5.41, 5.74) is 2.57. The Hall–Kier alpha value is -2.93. The highest BCUT2D eigenvalue weighted by Gasteiger charge is 2.27. The maximum atomic E-state index is 13.4. The van der Waals surface area contributed by atoms with Crippen LogP contribution in [0.25, 0.3) is 5.69 Å². The Balaban J connectivity index is 1.96. The second-order valence-electron chi connectivity index (χ2n) is 8.54. The summed E-state index contributed by atoms with van der Waals surface area (Å²) in [6.07, 6.45) is 1.66. The molecule has 0 aliphatic rings.